The van der Waals surface area contributed by atoms with Gasteiger partial charge in [-0.1, -0.05) is 32.9 Å². The summed E-state index contributed by atoms with van der Waals surface area (Å²) in [6.45, 7) is 7.01. The first-order valence-electron chi connectivity index (χ1n) is 8.56. The van der Waals surface area contributed by atoms with Crippen LogP contribution in [0.25, 0.3) is 0 Å². The van der Waals surface area contributed by atoms with Crippen molar-refractivity contribution < 1.29 is 9.21 Å². The fraction of sp³-hybridized carbons (Fsp3) is 0.238. The van der Waals surface area contributed by atoms with Crippen LogP contribution in [-0.2, 0) is 12.0 Å². The van der Waals surface area contributed by atoms with Crippen LogP contribution in [0.3, 0.4) is 0 Å². The van der Waals surface area contributed by atoms with Crippen LogP contribution in [0.15, 0.2) is 65.4 Å². The Morgan fingerprint density at radius 3 is 2.42 bits per heavy atom. The molecule has 2 aromatic heterocycles. The summed E-state index contributed by atoms with van der Waals surface area (Å²) in [4.78, 5) is 16.7. The first-order chi connectivity index (χ1) is 12.4. The van der Waals surface area contributed by atoms with Gasteiger partial charge in [-0.05, 0) is 47.4 Å². The molecule has 2 N–H and O–H groups in total. The van der Waals surface area contributed by atoms with E-state index in [1.165, 1.54) is 5.56 Å². The van der Waals surface area contributed by atoms with Crippen molar-refractivity contribution in [3.8, 4) is 0 Å². The van der Waals surface area contributed by atoms with Crippen LogP contribution in [0.4, 0.5) is 11.5 Å². The molecular weight excluding hydrogens is 326 g/mol. The quantitative estimate of drug-likeness (QED) is 0.692. The second-order valence-electron chi connectivity index (χ2n) is 7.15. The molecule has 0 atom stereocenters. The molecule has 1 aromatic carbocycles. The summed E-state index contributed by atoms with van der Waals surface area (Å²) in [5.74, 6) is 1.40. The predicted molar refractivity (Wildman–Crippen MR) is 103 cm³/mol. The minimum atomic E-state index is -0.149. The van der Waals surface area contributed by atoms with Crippen molar-refractivity contribution in [2.24, 2.45) is 0 Å². The normalized spacial score (nSPS) is 11.2. The van der Waals surface area contributed by atoms with E-state index >= 15 is 0 Å². The molecule has 0 aliphatic rings. The molecular formula is C21H23N3O2. The average Bonchev–Trinajstić information content (AvgIpc) is 3.14. The Labute approximate surface area is 153 Å². The number of anilines is 2. The molecule has 0 aliphatic heterocycles. The number of carbonyl (C=O) groups excluding carboxylic acids is 1. The molecule has 0 unspecified atom stereocenters. The molecule has 0 aliphatic carbocycles. The average molecular weight is 349 g/mol. The Bertz CT molecular complexity index is 846. The number of carbonyl (C=O) groups is 1. The number of aromatic nitrogens is 1. The summed E-state index contributed by atoms with van der Waals surface area (Å²) in [5.41, 5.74) is 2.54. The molecule has 26 heavy (non-hydrogen) atoms. The largest absolute Gasteiger partial charge is 0.467 e. The van der Waals surface area contributed by atoms with Gasteiger partial charge in [0.25, 0.3) is 5.91 Å². The van der Waals surface area contributed by atoms with E-state index in [-0.39, 0.29) is 11.3 Å². The summed E-state index contributed by atoms with van der Waals surface area (Å²) in [6.07, 6.45) is 3.27. The minimum Gasteiger partial charge on any atom is -0.467 e. The third-order valence-corrected chi connectivity index (χ3v) is 4.06. The molecule has 2 heterocycles. The van der Waals surface area contributed by atoms with Crippen LogP contribution >= 0.6 is 0 Å². The summed E-state index contributed by atoms with van der Waals surface area (Å²) in [5, 5.41) is 6.03. The molecule has 134 valence electrons. The van der Waals surface area contributed by atoms with E-state index in [0.29, 0.717) is 23.6 Å². The maximum atomic E-state index is 12.4. The van der Waals surface area contributed by atoms with Gasteiger partial charge in [0, 0.05) is 5.56 Å². The van der Waals surface area contributed by atoms with E-state index in [9.17, 15) is 4.79 Å². The Balaban J connectivity index is 1.58. The van der Waals surface area contributed by atoms with Crippen LogP contribution < -0.4 is 10.6 Å². The van der Waals surface area contributed by atoms with Crippen LogP contribution in [0, 0.1) is 0 Å². The number of hydrogen-bond donors (Lipinski definition) is 2. The predicted octanol–water partition coefficient (Wildman–Crippen LogP) is 4.84. The molecule has 3 rings (SSSR count). The zero-order chi connectivity index (χ0) is 18.6. The van der Waals surface area contributed by atoms with E-state index in [0.717, 1.165) is 5.76 Å². The van der Waals surface area contributed by atoms with Crippen molar-refractivity contribution in [2.45, 2.75) is 32.7 Å². The van der Waals surface area contributed by atoms with Gasteiger partial charge in [0.15, 0.2) is 0 Å². The molecule has 0 saturated carbocycles. The highest BCUT2D eigenvalue weighted by atomic mass is 16.3. The number of pyridine rings is 1. The van der Waals surface area contributed by atoms with E-state index in [4.69, 9.17) is 4.42 Å². The number of hydrogen-bond acceptors (Lipinski definition) is 4. The van der Waals surface area contributed by atoms with Crippen LogP contribution in [-0.4, -0.2) is 10.9 Å². The molecule has 5 heteroatoms. The van der Waals surface area contributed by atoms with Crippen LogP contribution in [0.1, 0.15) is 42.5 Å². The number of amides is 1. The molecule has 0 bridgehead atoms. The van der Waals surface area contributed by atoms with Gasteiger partial charge in [-0.2, -0.15) is 0 Å². The number of nitrogens with one attached hydrogen (secondary N) is 2. The van der Waals surface area contributed by atoms with E-state index < -0.39 is 0 Å². The minimum absolute atomic E-state index is 0.0669. The fourth-order valence-electron chi connectivity index (χ4n) is 2.49. The second-order valence-corrected chi connectivity index (χ2v) is 7.15. The van der Waals surface area contributed by atoms with Crippen LogP contribution in [0.5, 0.6) is 0 Å². The van der Waals surface area contributed by atoms with Crippen molar-refractivity contribution in [1.82, 2.24) is 4.98 Å². The van der Waals surface area contributed by atoms with Gasteiger partial charge in [0.2, 0.25) is 0 Å². The lowest BCUT2D eigenvalue weighted by Crippen LogP contribution is -2.14. The van der Waals surface area contributed by atoms with E-state index in [1.807, 2.05) is 48.5 Å². The SMILES string of the molecule is CC(C)(C)c1ccc(C(=O)Nc2ccc(NCc3ccco3)nc2)cc1. The smallest absolute Gasteiger partial charge is 0.255 e. The standard InChI is InChI=1S/C21H23N3O2/c1-21(2,3)16-8-6-15(7-9-16)20(25)24-17-10-11-19(22-13-17)23-14-18-5-4-12-26-18/h4-13H,14H2,1-3H3,(H,22,23)(H,24,25). The number of furan rings is 1. The Morgan fingerprint density at radius 2 is 1.85 bits per heavy atom. The molecule has 5 nitrogen and oxygen atoms in total. The highest BCUT2D eigenvalue weighted by molar-refractivity contribution is 6.04. The zero-order valence-corrected chi connectivity index (χ0v) is 15.2. The first-order valence-corrected chi connectivity index (χ1v) is 8.56. The first kappa shape index (κ1) is 17.7. The summed E-state index contributed by atoms with van der Waals surface area (Å²) in [7, 11) is 0. The molecule has 0 radical (unpaired) electrons. The van der Waals surface area contributed by atoms with Crippen molar-refractivity contribution in [3.63, 3.8) is 0 Å². The molecule has 3 aromatic rings. The lowest BCUT2D eigenvalue weighted by Gasteiger charge is -2.19. The van der Waals surface area contributed by atoms with Crippen LogP contribution in [0.2, 0.25) is 0 Å². The fourth-order valence-corrected chi connectivity index (χ4v) is 2.49. The van der Waals surface area contributed by atoms with Gasteiger partial charge in [0.1, 0.15) is 11.6 Å². The van der Waals surface area contributed by atoms with Gasteiger partial charge in [0.05, 0.1) is 24.7 Å². The number of nitrogens with zero attached hydrogens (tertiary/aromatic N) is 1. The number of benzene rings is 1. The Kier molecular flexibility index (Phi) is 5.07. The van der Waals surface area contributed by atoms with Crippen molar-refractivity contribution >= 4 is 17.4 Å². The summed E-state index contributed by atoms with van der Waals surface area (Å²) in [6, 6.07) is 15.1. The maximum absolute atomic E-state index is 12.4. The third kappa shape index (κ3) is 4.51. The van der Waals surface area contributed by atoms with Gasteiger partial charge < -0.3 is 15.1 Å². The number of rotatable bonds is 5. The molecule has 0 fully saturated rings. The van der Waals surface area contributed by atoms with Crippen molar-refractivity contribution in [2.75, 3.05) is 10.6 Å². The monoisotopic (exact) mass is 349 g/mol. The second kappa shape index (κ2) is 7.44. The Morgan fingerprint density at radius 1 is 1.08 bits per heavy atom. The van der Waals surface area contributed by atoms with Crippen molar-refractivity contribution in [1.29, 1.82) is 0 Å². The van der Waals surface area contributed by atoms with Gasteiger partial charge in [-0.25, -0.2) is 4.98 Å². The molecule has 1 amide bonds. The highest BCUT2D eigenvalue weighted by Gasteiger charge is 2.14. The maximum Gasteiger partial charge on any atom is 0.255 e. The zero-order valence-electron chi connectivity index (χ0n) is 15.2. The highest BCUT2D eigenvalue weighted by Crippen LogP contribution is 2.22. The summed E-state index contributed by atoms with van der Waals surface area (Å²) >= 11 is 0. The Hall–Kier alpha value is -3.08. The topological polar surface area (TPSA) is 67.2 Å². The van der Waals surface area contributed by atoms with E-state index in [1.54, 1.807) is 12.5 Å². The van der Waals surface area contributed by atoms with E-state index in [2.05, 4.69) is 36.4 Å². The van der Waals surface area contributed by atoms with Gasteiger partial charge in [-0.3, -0.25) is 4.79 Å². The lowest BCUT2D eigenvalue weighted by molar-refractivity contribution is 0.102. The third-order valence-electron chi connectivity index (χ3n) is 4.06. The lowest BCUT2D eigenvalue weighted by atomic mass is 9.87. The molecule has 0 saturated heterocycles. The molecule has 0 spiro atoms. The van der Waals surface area contributed by atoms with Gasteiger partial charge >= 0.3 is 0 Å². The van der Waals surface area contributed by atoms with Gasteiger partial charge in [-0.15, -0.1) is 0 Å². The van der Waals surface area contributed by atoms with Crippen molar-refractivity contribution in [3.05, 3.63) is 77.9 Å². The summed E-state index contributed by atoms with van der Waals surface area (Å²) < 4.78 is 5.26.